The fourth-order valence-corrected chi connectivity index (χ4v) is 1.80. The summed E-state index contributed by atoms with van der Waals surface area (Å²) in [5, 5.41) is 1.18. The maximum atomic E-state index is 5.81. The smallest absolute Gasteiger partial charge is 0.127 e. The average molecular weight is 268 g/mol. The van der Waals surface area contributed by atoms with Crippen LogP contribution in [0.4, 0.5) is 0 Å². The zero-order chi connectivity index (χ0) is 11.1. The van der Waals surface area contributed by atoms with Gasteiger partial charge in [-0.05, 0) is 39.0 Å². The minimum atomic E-state index is -0.186. The summed E-state index contributed by atoms with van der Waals surface area (Å²) in [4.78, 5) is 5.81. The molecule has 0 spiro atoms. The molecule has 3 heteroatoms. The zero-order valence-electron chi connectivity index (χ0n) is 9.12. The summed E-state index contributed by atoms with van der Waals surface area (Å²) >= 11 is 3.46. The molecule has 2 aromatic rings. The predicted octanol–water partition coefficient (Wildman–Crippen LogP) is 3.63. The van der Waals surface area contributed by atoms with Gasteiger partial charge in [0, 0.05) is 16.1 Å². The molecular formula is C12H14BrNO. The molecule has 0 unspecified atom stereocenters. The van der Waals surface area contributed by atoms with E-state index in [1.807, 2.05) is 43.8 Å². The van der Waals surface area contributed by atoms with Gasteiger partial charge >= 0.3 is 0 Å². The van der Waals surface area contributed by atoms with Crippen LogP contribution in [0, 0.1) is 0 Å². The van der Waals surface area contributed by atoms with Gasteiger partial charge in [-0.1, -0.05) is 22.0 Å². The molecule has 1 heterocycles. The van der Waals surface area contributed by atoms with E-state index in [4.69, 9.17) is 4.84 Å². The first-order chi connectivity index (χ1) is 6.96. The third kappa shape index (κ3) is 2.34. The summed E-state index contributed by atoms with van der Waals surface area (Å²) in [6, 6.07) is 8.21. The van der Waals surface area contributed by atoms with Gasteiger partial charge in [-0.2, -0.15) is 4.73 Å². The van der Waals surface area contributed by atoms with Crippen LogP contribution in [-0.2, 0) is 0 Å². The fourth-order valence-electron chi connectivity index (χ4n) is 1.45. The van der Waals surface area contributed by atoms with E-state index in [0.29, 0.717) is 0 Å². The maximum absolute atomic E-state index is 5.81. The van der Waals surface area contributed by atoms with Gasteiger partial charge in [0.05, 0.1) is 5.52 Å². The maximum Gasteiger partial charge on any atom is 0.127 e. The first kappa shape index (κ1) is 10.6. The van der Waals surface area contributed by atoms with Gasteiger partial charge in [0.25, 0.3) is 0 Å². The highest BCUT2D eigenvalue weighted by Gasteiger charge is 2.13. The molecule has 0 N–H and O–H groups in total. The quantitative estimate of drug-likeness (QED) is 0.770. The van der Waals surface area contributed by atoms with Crippen molar-refractivity contribution in [3.05, 3.63) is 34.9 Å². The van der Waals surface area contributed by atoms with E-state index in [9.17, 15) is 0 Å². The Morgan fingerprint density at radius 1 is 1.20 bits per heavy atom. The largest absolute Gasteiger partial charge is 0.408 e. The molecular weight excluding hydrogens is 254 g/mol. The molecule has 0 aliphatic heterocycles. The number of rotatable bonds is 1. The van der Waals surface area contributed by atoms with Crippen molar-refractivity contribution in [1.29, 1.82) is 0 Å². The Kier molecular flexibility index (Phi) is 2.51. The van der Waals surface area contributed by atoms with Crippen LogP contribution in [0.1, 0.15) is 20.8 Å². The van der Waals surface area contributed by atoms with Crippen molar-refractivity contribution >= 4 is 26.8 Å². The normalized spacial score (nSPS) is 12.0. The number of hydrogen-bond donors (Lipinski definition) is 0. The van der Waals surface area contributed by atoms with Gasteiger partial charge in [0.1, 0.15) is 5.60 Å². The van der Waals surface area contributed by atoms with Crippen molar-refractivity contribution in [2.45, 2.75) is 26.4 Å². The summed E-state index contributed by atoms with van der Waals surface area (Å²) in [5.41, 5.74) is 0.896. The number of benzene rings is 1. The summed E-state index contributed by atoms with van der Waals surface area (Å²) in [7, 11) is 0. The molecule has 15 heavy (non-hydrogen) atoms. The van der Waals surface area contributed by atoms with Crippen molar-refractivity contribution in [1.82, 2.24) is 4.73 Å². The predicted molar refractivity (Wildman–Crippen MR) is 66.0 cm³/mol. The van der Waals surface area contributed by atoms with E-state index >= 15 is 0 Å². The Hall–Kier alpha value is -0.960. The van der Waals surface area contributed by atoms with Gasteiger partial charge in [-0.15, -0.1) is 0 Å². The van der Waals surface area contributed by atoms with E-state index < -0.39 is 0 Å². The van der Waals surface area contributed by atoms with Gasteiger partial charge in [0.2, 0.25) is 0 Å². The molecule has 0 saturated carbocycles. The number of hydrogen-bond acceptors (Lipinski definition) is 1. The topological polar surface area (TPSA) is 14.2 Å². The monoisotopic (exact) mass is 267 g/mol. The van der Waals surface area contributed by atoms with Crippen molar-refractivity contribution in [2.75, 3.05) is 0 Å². The Labute approximate surface area is 97.9 Å². The molecule has 0 bridgehead atoms. The Morgan fingerprint density at radius 2 is 1.93 bits per heavy atom. The Bertz CT molecular complexity index is 482. The summed E-state index contributed by atoms with van der Waals surface area (Å²) < 4.78 is 2.88. The van der Waals surface area contributed by atoms with Crippen LogP contribution >= 0.6 is 15.9 Å². The van der Waals surface area contributed by atoms with Crippen LogP contribution in [0.15, 0.2) is 34.9 Å². The highest BCUT2D eigenvalue weighted by atomic mass is 79.9. The molecule has 0 aliphatic carbocycles. The number of aromatic nitrogens is 1. The number of fused-ring (bicyclic) bond motifs is 1. The van der Waals surface area contributed by atoms with E-state index in [1.165, 1.54) is 5.39 Å². The van der Waals surface area contributed by atoms with Crippen LogP contribution in [0.3, 0.4) is 0 Å². The molecule has 0 amide bonds. The highest BCUT2D eigenvalue weighted by molar-refractivity contribution is 9.10. The van der Waals surface area contributed by atoms with Crippen LogP contribution in [-0.4, -0.2) is 10.3 Å². The van der Waals surface area contributed by atoms with E-state index in [2.05, 4.69) is 28.1 Å². The Morgan fingerprint density at radius 3 is 2.60 bits per heavy atom. The molecule has 2 nitrogen and oxygen atoms in total. The second-order valence-corrected chi connectivity index (χ2v) is 5.46. The molecule has 0 saturated heterocycles. The summed E-state index contributed by atoms with van der Waals surface area (Å²) in [6.07, 6.45) is 1.95. The van der Waals surface area contributed by atoms with Crippen LogP contribution in [0.25, 0.3) is 10.9 Å². The molecule has 0 radical (unpaired) electrons. The second kappa shape index (κ2) is 3.56. The average Bonchev–Trinajstić information content (AvgIpc) is 2.46. The lowest BCUT2D eigenvalue weighted by atomic mass is 10.2. The molecule has 0 fully saturated rings. The van der Waals surface area contributed by atoms with Crippen LogP contribution < -0.4 is 4.84 Å². The Balaban J connectivity index is 2.48. The van der Waals surface area contributed by atoms with Gasteiger partial charge in [-0.25, -0.2) is 0 Å². The van der Waals surface area contributed by atoms with Gasteiger partial charge in [-0.3, -0.25) is 0 Å². The van der Waals surface area contributed by atoms with E-state index in [0.717, 1.165) is 9.99 Å². The van der Waals surface area contributed by atoms with Gasteiger partial charge < -0.3 is 4.84 Å². The van der Waals surface area contributed by atoms with Crippen LogP contribution in [0.2, 0.25) is 0 Å². The first-order valence-electron chi connectivity index (χ1n) is 4.92. The second-order valence-electron chi connectivity index (χ2n) is 4.55. The molecule has 2 rings (SSSR count). The third-order valence-corrected chi connectivity index (χ3v) is 2.48. The summed E-state index contributed by atoms with van der Waals surface area (Å²) in [6.45, 7) is 6.12. The third-order valence-electron chi connectivity index (χ3n) is 1.99. The number of halogens is 1. The highest BCUT2D eigenvalue weighted by Crippen LogP contribution is 2.21. The van der Waals surface area contributed by atoms with Crippen molar-refractivity contribution in [3.8, 4) is 0 Å². The summed E-state index contributed by atoms with van der Waals surface area (Å²) in [5.74, 6) is 0. The molecule has 80 valence electrons. The lowest BCUT2D eigenvalue weighted by molar-refractivity contribution is -0.00815. The molecule has 1 aromatic carbocycles. The van der Waals surface area contributed by atoms with Crippen molar-refractivity contribution < 1.29 is 4.84 Å². The van der Waals surface area contributed by atoms with E-state index in [-0.39, 0.29) is 5.60 Å². The van der Waals surface area contributed by atoms with Crippen molar-refractivity contribution in [2.24, 2.45) is 0 Å². The first-order valence-corrected chi connectivity index (χ1v) is 5.71. The van der Waals surface area contributed by atoms with Crippen LogP contribution in [0.5, 0.6) is 0 Å². The zero-order valence-corrected chi connectivity index (χ0v) is 10.7. The van der Waals surface area contributed by atoms with Crippen molar-refractivity contribution in [3.63, 3.8) is 0 Å². The van der Waals surface area contributed by atoms with E-state index in [1.54, 1.807) is 0 Å². The molecule has 0 aliphatic rings. The number of nitrogens with zero attached hydrogens (tertiary/aromatic N) is 1. The minimum Gasteiger partial charge on any atom is -0.408 e. The fraction of sp³-hybridized carbons (Fsp3) is 0.333. The lowest BCUT2D eigenvalue weighted by Gasteiger charge is -2.21. The molecule has 0 atom stereocenters. The SMILES string of the molecule is CC(C)(C)On1ccc2ccc(Br)cc21. The molecule has 1 aromatic heterocycles. The van der Waals surface area contributed by atoms with Gasteiger partial charge in [0.15, 0.2) is 0 Å². The standard InChI is InChI=1S/C12H14BrNO/c1-12(2,3)15-14-7-6-9-4-5-10(13)8-11(9)14/h4-8H,1-3H3. The lowest BCUT2D eigenvalue weighted by Crippen LogP contribution is -2.30. The minimum absolute atomic E-state index is 0.186.